The lowest BCUT2D eigenvalue weighted by Gasteiger charge is -2.29. The molecule has 0 N–H and O–H groups in total. The van der Waals surface area contributed by atoms with Crippen molar-refractivity contribution in [3.8, 4) is 6.07 Å². The lowest BCUT2D eigenvalue weighted by molar-refractivity contribution is -0.138. The van der Waals surface area contributed by atoms with Gasteiger partial charge in [0.2, 0.25) is 5.91 Å². The van der Waals surface area contributed by atoms with Gasteiger partial charge in [-0.25, -0.2) is 0 Å². The van der Waals surface area contributed by atoms with Crippen molar-refractivity contribution in [1.82, 2.24) is 4.90 Å². The Morgan fingerprint density at radius 3 is 2.43 bits per heavy atom. The molecule has 1 atom stereocenters. The van der Waals surface area contributed by atoms with Gasteiger partial charge in [-0.2, -0.15) is 5.26 Å². The molecule has 0 saturated carbocycles. The highest BCUT2D eigenvalue weighted by molar-refractivity contribution is 5.84. The summed E-state index contributed by atoms with van der Waals surface area (Å²) in [5, 5.41) is 8.83. The Morgan fingerprint density at radius 1 is 1.57 bits per heavy atom. The highest BCUT2D eigenvalue weighted by Gasteiger charge is 2.31. The van der Waals surface area contributed by atoms with Crippen LogP contribution in [0.3, 0.4) is 0 Å². The number of nitriles is 1. The first-order chi connectivity index (χ1) is 6.36. The Balaban J connectivity index is 4.48. The topological polar surface area (TPSA) is 44.1 Å². The van der Waals surface area contributed by atoms with Crippen LogP contribution < -0.4 is 0 Å². The highest BCUT2D eigenvalue weighted by atomic mass is 16.2. The van der Waals surface area contributed by atoms with E-state index in [1.54, 1.807) is 25.8 Å². The summed E-state index contributed by atoms with van der Waals surface area (Å²) < 4.78 is 0. The summed E-state index contributed by atoms with van der Waals surface area (Å²) in [6.45, 7) is 7.41. The fourth-order valence-corrected chi connectivity index (χ4v) is 1.30. The monoisotopic (exact) mass is 196 g/mol. The first kappa shape index (κ1) is 13.0. The summed E-state index contributed by atoms with van der Waals surface area (Å²) in [6.07, 6.45) is 2.02. The summed E-state index contributed by atoms with van der Waals surface area (Å²) >= 11 is 0. The summed E-state index contributed by atoms with van der Waals surface area (Å²) in [4.78, 5) is 13.5. The predicted octanol–water partition coefficient (Wildman–Crippen LogP) is 2.18. The molecule has 14 heavy (non-hydrogen) atoms. The third kappa shape index (κ3) is 3.02. The highest BCUT2D eigenvalue weighted by Crippen LogP contribution is 2.19. The summed E-state index contributed by atoms with van der Waals surface area (Å²) in [7, 11) is 1.77. The summed E-state index contributed by atoms with van der Waals surface area (Å²) in [6, 6.07) is 2.24. The van der Waals surface area contributed by atoms with Crippen molar-refractivity contribution >= 4 is 5.91 Å². The molecule has 0 rings (SSSR count). The maximum absolute atomic E-state index is 11.8. The quantitative estimate of drug-likeness (QED) is 0.691. The van der Waals surface area contributed by atoms with Gasteiger partial charge in [0, 0.05) is 13.1 Å². The molecular formula is C11H20N2O. The fraction of sp³-hybridized carbons (Fsp3) is 0.818. The minimum Gasteiger partial charge on any atom is -0.342 e. The van der Waals surface area contributed by atoms with Crippen molar-refractivity contribution < 1.29 is 4.79 Å². The molecule has 0 bridgehead atoms. The van der Waals surface area contributed by atoms with E-state index in [2.05, 4.69) is 6.92 Å². The number of rotatable bonds is 4. The van der Waals surface area contributed by atoms with Crippen LogP contribution in [0.25, 0.3) is 0 Å². The molecule has 0 aromatic rings. The molecule has 0 aromatic carbocycles. The molecule has 0 aliphatic heterocycles. The zero-order chi connectivity index (χ0) is 11.4. The van der Waals surface area contributed by atoms with Crippen LogP contribution in [0.5, 0.6) is 0 Å². The van der Waals surface area contributed by atoms with Gasteiger partial charge < -0.3 is 4.90 Å². The molecular weight excluding hydrogens is 176 g/mol. The third-order valence-corrected chi connectivity index (χ3v) is 2.50. The average Bonchev–Trinajstić information content (AvgIpc) is 2.15. The summed E-state index contributed by atoms with van der Waals surface area (Å²) in [5.41, 5.74) is -0.906. The number of hydrogen-bond donors (Lipinski definition) is 0. The van der Waals surface area contributed by atoms with Crippen molar-refractivity contribution in [2.45, 2.75) is 46.6 Å². The van der Waals surface area contributed by atoms with Crippen LogP contribution in [0, 0.1) is 16.7 Å². The van der Waals surface area contributed by atoms with Crippen molar-refractivity contribution in [2.24, 2.45) is 5.41 Å². The smallest absolute Gasteiger partial charge is 0.242 e. The Morgan fingerprint density at radius 2 is 2.07 bits per heavy atom. The number of hydrogen-bond acceptors (Lipinski definition) is 2. The number of carbonyl (C=O) groups excluding carboxylic acids is 1. The van der Waals surface area contributed by atoms with Crippen LogP contribution in [0.2, 0.25) is 0 Å². The lowest BCUT2D eigenvalue weighted by atomic mass is 9.93. The molecule has 3 nitrogen and oxygen atoms in total. The third-order valence-electron chi connectivity index (χ3n) is 2.50. The van der Waals surface area contributed by atoms with Gasteiger partial charge in [-0.05, 0) is 27.2 Å². The van der Waals surface area contributed by atoms with Gasteiger partial charge in [0.25, 0.3) is 0 Å². The van der Waals surface area contributed by atoms with Gasteiger partial charge in [0.15, 0.2) is 0 Å². The Bertz CT molecular complexity index is 240. The van der Waals surface area contributed by atoms with Crippen LogP contribution in [0.4, 0.5) is 0 Å². The maximum atomic E-state index is 11.8. The van der Waals surface area contributed by atoms with E-state index in [1.807, 2.05) is 13.0 Å². The molecule has 0 aliphatic rings. The number of carbonyl (C=O) groups is 1. The van der Waals surface area contributed by atoms with Crippen LogP contribution in [-0.4, -0.2) is 23.9 Å². The molecule has 1 amide bonds. The zero-order valence-electron chi connectivity index (χ0n) is 9.79. The predicted molar refractivity (Wildman–Crippen MR) is 56.5 cm³/mol. The van der Waals surface area contributed by atoms with E-state index in [0.29, 0.717) is 0 Å². The van der Waals surface area contributed by atoms with Gasteiger partial charge in [-0.3, -0.25) is 4.79 Å². The van der Waals surface area contributed by atoms with Gasteiger partial charge >= 0.3 is 0 Å². The van der Waals surface area contributed by atoms with E-state index in [-0.39, 0.29) is 11.9 Å². The standard InChI is InChI=1S/C11H20N2O/c1-6-7-9(2)13(5)10(14)11(3,4)8-12/h9H,6-7H2,1-5H3. The van der Waals surface area contributed by atoms with E-state index < -0.39 is 5.41 Å². The fourth-order valence-electron chi connectivity index (χ4n) is 1.30. The molecule has 0 spiro atoms. The van der Waals surface area contributed by atoms with Crippen LogP contribution in [0.15, 0.2) is 0 Å². The van der Waals surface area contributed by atoms with Gasteiger partial charge in [-0.15, -0.1) is 0 Å². The second kappa shape index (κ2) is 4.99. The van der Waals surface area contributed by atoms with E-state index in [1.165, 1.54) is 0 Å². The molecule has 80 valence electrons. The summed E-state index contributed by atoms with van der Waals surface area (Å²) in [5.74, 6) is -0.0963. The van der Waals surface area contributed by atoms with Crippen molar-refractivity contribution in [3.63, 3.8) is 0 Å². The molecule has 0 saturated heterocycles. The first-order valence-corrected chi connectivity index (χ1v) is 5.05. The van der Waals surface area contributed by atoms with Crippen LogP contribution >= 0.6 is 0 Å². The number of amides is 1. The SMILES string of the molecule is CCCC(C)N(C)C(=O)C(C)(C)C#N. The molecule has 0 heterocycles. The normalized spacial score (nSPS) is 13.1. The molecule has 3 heteroatoms. The Kier molecular flexibility index (Phi) is 4.62. The lowest BCUT2D eigenvalue weighted by Crippen LogP contribution is -2.42. The van der Waals surface area contributed by atoms with Gasteiger partial charge in [0.1, 0.15) is 5.41 Å². The van der Waals surface area contributed by atoms with Crippen LogP contribution in [-0.2, 0) is 4.79 Å². The maximum Gasteiger partial charge on any atom is 0.242 e. The Labute approximate surface area is 86.7 Å². The van der Waals surface area contributed by atoms with E-state index in [0.717, 1.165) is 12.8 Å². The van der Waals surface area contributed by atoms with Crippen molar-refractivity contribution in [3.05, 3.63) is 0 Å². The van der Waals surface area contributed by atoms with Crippen molar-refractivity contribution in [1.29, 1.82) is 5.26 Å². The molecule has 0 aromatic heterocycles. The molecule has 0 aliphatic carbocycles. The Hall–Kier alpha value is -1.04. The minimum absolute atomic E-state index is 0.0963. The van der Waals surface area contributed by atoms with E-state index in [9.17, 15) is 4.79 Å². The first-order valence-electron chi connectivity index (χ1n) is 5.05. The largest absolute Gasteiger partial charge is 0.342 e. The van der Waals surface area contributed by atoms with E-state index >= 15 is 0 Å². The van der Waals surface area contributed by atoms with E-state index in [4.69, 9.17) is 5.26 Å². The molecule has 1 unspecified atom stereocenters. The minimum atomic E-state index is -0.906. The van der Waals surface area contributed by atoms with Crippen molar-refractivity contribution in [2.75, 3.05) is 7.05 Å². The second-order valence-corrected chi connectivity index (χ2v) is 4.29. The number of nitrogens with zero attached hydrogens (tertiary/aromatic N) is 2. The van der Waals surface area contributed by atoms with Gasteiger partial charge in [-0.1, -0.05) is 13.3 Å². The average molecular weight is 196 g/mol. The van der Waals surface area contributed by atoms with Gasteiger partial charge in [0.05, 0.1) is 6.07 Å². The van der Waals surface area contributed by atoms with Crippen LogP contribution in [0.1, 0.15) is 40.5 Å². The zero-order valence-corrected chi connectivity index (χ0v) is 9.79. The molecule has 0 fully saturated rings. The molecule has 0 radical (unpaired) electrons. The second-order valence-electron chi connectivity index (χ2n) is 4.29.